The largest absolute Gasteiger partial charge is 0.378 e. The fraction of sp³-hybridized carbons (Fsp3) is 1.00. The third-order valence-corrected chi connectivity index (χ3v) is 3.82. The lowest BCUT2D eigenvalue weighted by molar-refractivity contribution is -0.108. The van der Waals surface area contributed by atoms with Gasteiger partial charge in [0.05, 0.1) is 6.10 Å². The molecule has 0 aromatic heterocycles. The molecule has 2 N–H and O–H groups in total. The molecule has 1 aliphatic rings. The molecule has 0 saturated heterocycles. The van der Waals surface area contributed by atoms with Gasteiger partial charge < -0.3 is 10.5 Å². The van der Waals surface area contributed by atoms with Gasteiger partial charge in [0.1, 0.15) is 0 Å². The van der Waals surface area contributed by atoms with Crippen LogP contribution in [-0.4, -0.2) is 18.8 Å². The van der Waals surface area contributed by atoms with Gasteiger partial charge in [-0.15, -0.1) is 0 Å². The molecule has 0 aromatic carbocycles. The van der Waals surface area contributed by atoms with E-state index in [4.69, 9.17) is 10.5 Å². The summed E-state index contributed by atoms with van der Waals surface area (Å²) in [6.45, 7) is 7.59. The van der Waals surface area contributed by atoms with Crippen molar-refractivity contribution in [2.24, 2.45) is 11.1 Å². The highest BCUT2D eigenvalue weighted by Gasteiger charge is 2.46. The number of hydrogen-bond donors (Lipinski definition) is 1. The average Bonchev–Trinajstić information content (AvgIpc) is 2.21. The summed E-state index contributed by atoms with van der Waals surface area (Å²) in [7, 11) is 0. The van der Waals surface area contributed by atoms with E-state index in [-0.39, 0.29) is 5.41 Å². The summed E-state index contributed by atoms with van der Waals surface area (Å²) in [5, 5.41) is 0. The van der Waals surface area contributed by atoms with E-state index in [1.165, 1.54) is 32.1 Å². The summed E-state index contributed by atoms with van der Waals surface area (Å²) < 4.78 is 5.86. The number of nitrogens with two attached hydrogens (primary N) is 1. The van der Waals surface area contributed by atoms with E-state index in [2.05, 4.69) is 20.8 Å². The van der Waals surface area contributed by atoms with Crippen molar-refractivity contribution in [1.82, 2.24) is 0 Å². The fourth-order valence-corrected chi connectivity index (χ4v) is 2.13. The molecule has 2 nitrogen and oxygen atoms in total. The van der Waals surface area contributed by atoms with Crippen LogP contribution in [0.4, 0.5) is 0 Å². The maximum absolute atomic E-state index is 5.94. The first kappa shape index (κ1) is 13.0. The van der Waals surface area contributed by atoms with Gasteiger partial charge in [0.25, 0.3) is 0 Å². The first-order valence-corrected chi connectivity index (χ1v) is 6.46. The van der Waals surface area contributed by atoms with Gasteiger partial charge in [-0.25, -0.2) is 0 Å². The van der Waals surface area contributed by atoms with Gasteiger partial charge >= 0.3 is 0 Å². The molecule has 0 amide bonds. The van der Waals surface area contributed by atoms with Crippen molar-refractivity contribution in [2.45, 2.75) is 71.4 Å². The van der Waals surface area contributed by atoms with Crippen LogP contribution in [0.5, 0.6) is 0 Å². The van der Waals surface area contributed by atoms with E-state index in [0.717, 1.165) is 13.0 Å². The van der Waals surface area contributed by atoms with E-state index >= 15 is 0 Å². The lowest BCUT2D eigenvalue weighted by Crippen LogP contribution is -2.59. The molecule has 0 aromatic rings. The van der Waals surface area contributed by atoms with Crippen molar-refractivity contribution in [2.75, 3.05) is 6.61 Å². The van der Waals surface area contributed by atoms with E-state index in [9.17, 15) is 0 Å². The molecule has 0 heterocycles. The molecule has 0 bridgehead atoms. The van der Waals surface area contributed by atoms with Gasteiger partial charge in [-0.1, -0.05) is 46.5 Å². The minimum absolute atomic E-state index is 0.198. The molecule has 1 rings (SSSR count). The third kappa shape index (κ3) is 3.46. The molecule has 1 fully saturated rings. The quantitative estimate of drug-likeness (QED) is 0.660. The van der Waals surface area contributed by atoms with Crippen LogP contribution in [0.15, 0.2) is 0 Å². The van der Waals surface area contributed by atoms with E-state index in [0.29, 0.717) is 12.1 Å². The molecule has 0 radical (unpaired) electrons. The summed E-state index contributed by atoms with van der Waals surface area (Å²) >= 11 is 0. The predicted molar refractivity (Wildman–Crippen MR) is 64.9 cm³/mol. The molecule has 1 saturated carbocycles. The van der Waals surface area contributed by atoms with Crippen LogP contribution in [0.3, 0.4) is 0 Å². The Bertz CT molecular complexity index is 179. The second-order valence-electron chi connectivity index (χ2n) is 5.44. The Labute approximate surface area is 94.6 Å². The molecule has 0 aliphatic heterocycles. The van der Waals surface area contributed by atoms with E-state index in [1.54, 1.807) is 0 Å². The third-order valence-electron chi connectivity index (χ3n) is 3.82. The Morgan fingerprint density at radius 2 is 1.87 bits per heavy atom. The fourth-order valence-electron chi connectivity index (χ4n) is 2.13. The zero-order valence-electron chi connectivity index (χ0n) is 10.6. The number of hydrogen-bond acceptors (Lipinski definition) is 2. The van der Waals surface area contributed by atoms with Gasteiger partial charge in [0, 0.05) is 18.1 Å². The summed E-state index contributed by atoms with van der Waals surface area (Å²) in [6, 6.07) is 0.336. The van der Waals surface area contributed by atoms with Gasteiger partial charge in [0.15, 0.2) is 0 Å². The Hall–Kier alpha value is -0.0800. The Morgan fingerprint density at radius 1 is 1.20 bits per heavy atom. The number of unbranched alkanes of at least 4 members (excludes halogenated alkanes) is 4. The molecular formula is C13H27NO. The van der Waals surface area contributed by atoms with Gasteiger partial charge in [-0.3, -0.25) is 0 Å². The molecule has 2 heteroatoms. The lowest BCUT2D eigenvalue weighted by Gasteiger charge is -2.49. The van der Waals surface area contributed by atoms with Crippen molar-refractivity contribution >= 4 is 0 Å². The van der Waals surface area contributed by atoms with Crippen LogP contribution < -0.4 is 5.73 Å². The molecule has 2 atom stereocenters. The van der Waals surface area contributed by atoms with Gasteiger partial charge in [-0.05, 0) is 12.8 Å². The van der Waals surface area contributed by atoms with Crippen molar-refractivity contribution in [3.8, 4) is 0 Å². The van der Waals surface area contributed by atoms with Crippen LogP contribution in [0.1, 0.15) is 59.3 Å². The maximum Gasteiger partial charge on any atom is 0.0655 e. The Kier molecular flexibility index (Phi) is 5.07. The van der Waals surface area contributed by atoms with Crippen LogP contribution in [-0.2, 0) is 4.74 Å². The van der Waals surface area contributed by atoms with Crippen molar-refractivity contribution in [1.29, 1.82) is 0 Å². The lowest BCUT2D eigenvalue weighted by atomic mass is 9.65. The molecule has 90 valence electrons. The van der Waals surface area contributed by atoms with Crippen LogP contribution in [0.25, 0.3) is 0 Å². The SMILES string of the molecule is CCCCCCCOC1CC(N)C1(C)C. The molecule has 2 unspecified atom stereocenters. The first-order valence-electron chi connectivity index (χ1n) is 6.46. The zero-order chi connectivity index (χ0) is 11.3. The summed E-state index contributed by atoms with van der Waals surface area (Å²) in [5.41, 5.74) is 6.13. The van der Waals surface area contributed by atoms with Crippen LogP contribution in [0, 0.1) is 5.41 Å². The minimum atomic E-state index is 0.198. The van der Waals surface area contributed by atoms with Crippen molar-refractivity contribution < 1.29 is 4.74 Å². The smallest absolute Gasteiger partial charge is 0.0655 e. The van der Waals surface area contributed by atoms with E-state index < -0.39 is 0 Å². The highest BCUT2D eigenvalue weighted by molar-refractivity contribution is 5.00. The normalized spacial score (nSPS) is 28.8. The van der Waals surface area contributed by atoms with E-state index in [1.807, 2.05) is 0 Å². The molecule has 15 heavy (non-hydrogen) atoms. The maximum atomic E-state index is 5.94. The summed E-state index contributed by atoms with van der Waals surface area (Å²) in [5.74, 6) is 0. The molecule has 0 spiro atoms. The van der Waals surface area contributed by atoms with Gasteiger partial charge in [0.2, 0.25) is 0 Å². The second-order valence-corrected chi connectivity index (χ2v) is 5.44. The first-order chi connectivity index (χ1) is 7.09. The van der Waals surface area contributed by atoms with Gasteiger partial charge in [-0.2, -0.15) is 0 Å². The van der Waals surface area contributed by atoms with Crippen molar-refractivity contribution in [3.05, 3.63) is 0 Å². The standard InChI is InChI=1S/C13H27NO/c1-4-5-6-7-8-9-15-12-10-11(14)13(12,2)3/h11-12H,4-10,14H2,1-3H3. The Morgan fingerprint density at radius 3 is 2.40 bits per heavy atom. The van der Waals surface area contributed by atoms with Crippen LogP contribution >= 0.6 is 0 Å². The minimum Gasteiger partial charge on any atom is -0.378 e. The monoisotopic (exact) mass is 213 g/mol. The van der Waals surface area contributed by atoms with Crippen LogP contribution in [0.2, 0.25) is 0 Å². The van der Waals surface area contributed by atoms with Crippen molar-refractivity contribution in [3.63, 3.8) is 0 Å². The molecule has 1 aliphatic carbocycles. The average molecular weight is 213 g/mol. The summed E-state index contributed by atoms with van der Waals surface area (Å²) in [4.78, 5) is 0. The topological polar surface area (TPSA) is 35.2 Å². The highest BCUT2D eigenvalue weighted by Crippen LogP contribution is 2.41. The Balaban J connectivity index is 1.97. The zero-order valence-corrected chi connectivity index (χ0v) is 10.6. The number of ether oxygens (including phenoxy) is 1. The molecular weight excluding hydrogens is 186 g/mol. The number of rotatable bonds is 7. The summed E-state index contributed by atoms with van der Waals surface area (Å²) in [6.07, 6.45) is 7.99. The highest BCUT2D eigenvalue weighted by atomic mass is 16.5. The predicted octanol–water partition coefficient (Wildman–Crippen LogP) is 3.10. The second kappa shape index (κ2) is 5.86.